The minimum absolute atomic E-state index is 0.0144. The van der Waals surface area contributed by atoms with E-state index in [1.807, 2.05) is 36.4 Å². The molecule has 8 N–H and O–H groups in total. The molecule has 0 saturated heterocycles. The zero-order valence-corrected chi connectivity index (χ0v) is 25.0. The zero-order chi connectivity index (χ0) is 30.5. The van der Waals surface area contributed by atoms with Gasteiger partial charge >= 0.3 is 5.97 Å². The highest BCUT2D eigenvalue weighted by Gasteiger charge is 2.27. The first-order valence-corrected chi connectivity index (χ1v) is 14.1. The summed E-state index contributed by atoms with van der Waals surface area (Å²) in [6.45, 7) is 2.77. The second kappa shape index (κ2) is 16.5. The van der Waals surface area contributed by atoms with Crippen molar-refractivity contribution in [2.75, 3.05) is 13.1 Å². The molecule has 12 nitrogen and oxygen atoms in total. The van der Waals surface area contributed by atoms with Crippen molar-refractivity contribution in [3.05, 3.63) is 63.2 Å². The number of hydrogen-bond donors (Lipinski definition) is 7. The number of amides is 4. The topological polar surface area (TPSA) is 200 Å². The second-order valence-electron chi connectivity index (χ2n) is 9.93. The van der Waals surface area contributed by atoms with Gasteiger partial charge in [-0.3, -0.25) is 19.2 Å². The van der Waals surface area contributed by atoms with E-state index in [0.717, 1.165) is 11.1 Å². The second-order valence-corrected chi connectivity index (χ2v) is 11.1. The zero-order valence-electron chi connectivity index (χ0n) is 22.9. The number of halogens is 1. The van der Waals surface area contributed by atoms with E-state index < -0.39 is 60.8 Å². The molecule has 4 amide bonds. The predicted octanol–water partition coefficient (Wildman–Crippen LogP) is 0.442. The Hall–Kier alpha value is -3.72. The molecule has 222 valence electrons. The van der Waals surface area contributed by atoms with E-state index in [1.165, 1.54) is 6.07 Å². The monoisotopic (exact) mass is 681 g/mol. The van der Waals surface area contributed by atoms with Crippen molar-refractivity contribution < 1.29 is 34.2 Å². The van der Waals surface area contributed by atoms with Gasteiger partial charge in [0, 0.05) is 6.42 Å². The summed E-state index contributed by atoms with van der Waals surface area (Å²) in [5, 5.41) is 28.9. The van der Waals surface area contributed by atoms with Crippen molar-refractivity contribution in [1.82, 2.24) is 21.3 Å². The van der Waals surface area contributed by atoms with Gasteiger partial charge < -0.3 is 37.2 Å². The number of nitrogens with one attached hydrogen (secondary N) is 4. The van der Waals surface area contributed by atoms with E-state index >= 15 is 0 Å². The molecule has 2 aromatic carbocycles. The quantitative estimate of drug-likeness (QED) is 0.131. The molecule has 0 aromatic heterocycles. The third-order valence-electron chi connectivity index (χ3n) is 5.93. The SMILES string of the molecule is CC(C)C[C@H](NC(=O)[C@H](Cc1ccccc1)NC(=O)CNC(=O)CNC(=O)[C@@H](N)Cc1ccc(O)c(I)c1)C(=O)O. The van der Waals surface area contributed by atoms with Crippen LogP contribution in [-0.2, 0) is 36.8 Å². The first-order valence-electron chi connectivity index (χ1n) is 13.0. The third-order valence-corrected chi connectivity index (χ3v) is 6.79. The van der Waals surface area contributed by atoms with Gasteiger partial charge in [0.1, 0.15) is 17.8 Å². The Balaban J connectivity index is 1.89. The summed E-state index contributed by atoms with van der Waals surface area (Å²) in [6, 6.07) is 10.6. The molecule has 0 spiro atoms. The lowest BCUT2D eigenvalue weighted by Crippen LogP contribution is -2.54. The molecule has 0 aliphatic rings. The Kier molecular flexibility index (Phi) is 13.5. The van der Waals surface area contributed by atoms with Crippen LogP contribution in [0.5, 0.6) is 5.75 Å². The number of benzene rings is 2. The summed E-state index contributed by atoms with van der Waals surface area (Å²) in [7, 11) is 0. The maximum atomic E-state index is 13.0. The van der Waals surface area contributed by atoms with E-state index in [4.69, 9.17) is 5.73 Å². The molecule has 41 heavy (non-hydrogen) atoms. The Bertz CT molecular complexity index is 1230. The fourth-order valence-corrected chi connectivity index (χ4v) is 4.41. The maximum Gasteiger partial charge on any atom is 0.326 e. The fraction of sp³-hybridized carbons (Fsp3) is 0.393. The van der Waals surface area contributed by atoms with Crippen LogP contribution in [0.4, 0.5) is 0 Å². The van der Waals surface area contributed by atoms with Crippen molar-refractivity contribution >= 4 is 52.2 Å². The molecular formula is C28H36IN5O7. The number of carbonyl (C=O) groups is 5. The van der Waals surface area contributed by atoms with E-state index in [1.54, 1.807) is 42.5 Å². The van der Waals surface area contributed by atoms with Crippen LogP contribution in [0.25, 0.3) is 0 Å². The van der Waals surface area contributed by atoms with Gasteiger partial charge in [-0.25, -0.2) is 4.79 Å². The number of carboxylic acid groups (broad SMARTS) is 1. The van der Waals surface area contributed by atoms with Gasteiger partial charge in [-0.15, -0.1) is 0 Å². The standard InChI is InChI=1S/C28H36IN5O7/c1-16(2)10-22(28(40)41)34-27(39)21(13-17-6-4-3-5-7-17)33-25(37)15-31-24(36)14-32-26(38)20(30)12-18-8-9-23(35)19(29)11-18/h3-9,11,16,20-22,35H,10,12-15,30H2,1-2H3,(H,31,36)(H,32,38)(H,33,37)(H,34,39)(H,40,41)/t20-,21-,22-/m0/s1. The molecule has 0 fully saturated rings. The van der Waals surface area contributed by atoms with Crippen LogP contribution in [0, 0.1) is 9.49 Å². The normalized spacial score (nSPS) is 13.0. The van der Waals surface area contributed by atoms with E-state index in [2.05, 4.69) is 21.3 Å². The van der Waals surface area contributed by atoms with E-state index in [0.29, 0.717) is 3.57 Å². The molecule has 3 atom stereocenters. The molecule has 2 rings (SSSR count). The van der Waals surface area contributed by atoms with Crippen molar-refractivity contribution in [2.24, 2.45) is 11.7 Å². The van der Waals surface area contributed by atoms with Gasteiger partial charge in [0.25, 0.3) is 0 Å². The van der Waals surface area contributed by atoms with Gasteiger partial charge in [-0.05, 0) is 64.6 Å². The van der Waals surface area contributed by atoms with Crippen LogP contribution < -0.4 is 27.0 Å². The summed E-state index contributed by atoms with van der Waals surface area (Å²) >= 11 is 1.96. The van der Waals surface area contributed by atoms with Gasteiger partial charge in [-0.2, -0.15) is 0 Å². The summed E-state index contributed by atoms with van der Waals surface area (Å²) in [6.07, 6.45) is 0.512. The number of hydrogen-bond acceptors (Lipinski definition) is 7. The predicted molar refractivity (Wildman–Crippen MR) is 160 cm³/mol. The van der Waals surface area contributed by atoms with E-state index in [9.17, 15) is 34.2 Å². The lowest BCUT2D eigenvalue weighted by Gasteiger charge is -2.22. The fourth-order valence-electron chi connectivity index (χ4n) is 3.83. The minimum Gasteiger partial charge on any atom is -0.507 e. The molecule has 0 saturated carbocycles. The number of carboxylic acids is 1. The first kappa shape index (κ1) is 33.5. The van der Waals surface area contributed by atoms with Crippen LogP contribution >= 0.6 is 22.6 Å². The van der Waals surface area contributed by atoms with Gasteiger partial charge in [0.2, 0.25) is 23.6 Å². The van der Waals surface area contributed by atoms with Crippen LogP contribution in [0.1, 0.15) is 31.4 Å². The lowest BCUT2D eigenvalue weighted by molar-refractivity contribution is -0.142. The number of rotatable bonds is 15. The molecule has 13 heteroatoms. The van der Waals surface area contributed by atoms with E-state index in [-0.39, 0.29) is 30.9 Å². The summed E-state index contributed by atoms with van der Waals surface area (Å²) in [5.41, 5.74) is 7.41. The van der Waals surface area contributed by atoms with Crippen LogP contribution in [-0.4, -0.2) is 71.0 Å². The maximum absolute atomic E-state index is 13.0. The molecule has 2 aromatic rings. The van der Waals surface area contributed by atoms with Crippen molar-refractivity contribution in [2.45, 2.75) is 51.2 Å². The highest BCUT2D eigenvalue weighted by molar-refractivity contribution is 14.1. The Morgan fingerprint density at radius 3 is 2.10 bits per heavy atom. The average molecular weight is 682 g/mol. The van der Waals surface area contributed by atoms with Crippen LogP contribution in [0.15, 0.2) is 48.5 Å². The number of nitrogens with two attached hydrogens (primary N) is 1. The number of phenolic OH excluding ortho intramolecular Hbond substituents is 1. The minimum atomic E-state index is -1.18. The van der Waals surface area contributed by atoms with Crippen LogP contribution in [0.2, 0.25) is 0 Å². The molecule has 0 bridgehead atoms. The van der Waals surface area contributed by atoms with Gasteiger partial charge in [0.05, 0.1) is 22.7 Å². The summed E-state index contributed by atoms with van der Waals surface area (Å²) < 4.78 is 0.617. The highest BCUT2D eigenvalue weighted by atomic mass is 127. The van der Waals surface area contributed by atoms with Gasteiger partial charge in [0.15, 0.2) is 0 Å². The largest absolute Gasteiger partial charge is 0.507 e. The molecule has 0 aliphatic heterocycles. The molecule has 0 unspecified atom stereocenters. The van der Waals surface area contributed by atoms with Crippen molar-refractivity contribution in [1.29, 1.82) is 0 Å². The Morgan fingerprint density at radius 2 is 1.49 bits per heavy atom. The smallest absolute Gasteiger partial charge is 0.326 e. The average Bonchev–Trinajstić information content (AvgIpc) is 2.92. The van der Waals surface area contributed by atoms with Gasteiger partial charge in [-0.1, -0.05) is 50.2 Å². The Morgan fingerprint density at radius 1 is 0.829 bits per heavy atom. The molecule has 0 heterocycles. The highest BCUT2D eigenvalue weighted by Crippen LogP contribution is 2.20. The number of aliphatic carboxylic acids is 1. The van der Waals surface area contributed by atoms with Crippen LogP contribution in [0.3, 0.4) is 0 Å². The van der Waals surface area contributed by atoms with Crippen molar-refractivity contribution in [3.63, 3.8) is 0 Å². The lowest BCUT2D eigenvalue weighted by atomic mass is 10.0. The Labute approximate surface area is 252 Å². The number of phenols is 1. The third kappa shape index (κ3) is 12.1. The number of carbonyl (C=O) groups excluding carboxylic acids is 4. The number of aromatic hydroxyl groups is 1. The summed E-state index contributed by atoms with van der Waals surface area (Å²) in [4.78, 5) is 61.7. The summed E-state index contributed by atoms with van der Waals surface area (Å²) in [5.74, 6) is -3.59. The molecule has 0 aliphatic carbocycles. The first-order chi connectivity index (χ1) is 19.3. The van der Waals surface area contributed by atoms with Crippen molar-refractivity contribution in [3.8, 4) is 5.75 Å². The molecule has 0 radical (unpaired) electrons. The molecular weight excluding hydrogens is 645 g/mol.